The van der Waals surface area contributed by atoms with Crippen LogP contribution in [0.15, 0.2) is 42.5 Å². The van der Waals surface area contributed by atoms with Crippen LogP contribution in [0.3, 0.4) is 0 Å². The fourth-order valence-electron chi connectivity index (χ4n) is 4.23. The van der Waals surface area contributed by atoms with Crippen molar-refractivity contribution in [2.24, 2.45) is 0 Å². The number of ether oxygens (including phenoxy) is 2. The van der Waals surface area contributed by atoms with Crippen molar-refractivity contribution < 1.29 is 52.0 Å². The van der Waals surface area contributed by atoms with E-state index in [2.05, 4.69) is 15.1 Å². The van der Waals surface area contributed by atoms with E-state index in [0.29, 0.717) is 76.0 Å². The molecule has 2 fully saturated rings. The molecule has 12 nitrogen and oxygen atoms in total. The number of carbonyl (C=O) groups excluding carboxylic acids is 2. The van der Waals surface area contributed by atoms with Gasteiger partial charge in [0.15, 0.2) is 0 Å². The highest BCUT2D eigenvalue weighted by Gasteiger charge is 2.38. The first kappa shape index (κ1) is 32.1. The number of anilines is 2. The average molecular weight is 597 g/mol. The fourth-order valence-corrected chi connectivity index (χ4v) is 4.23. The number of amides is 2. The molecule has 0 bridgehead atoms. The second kappa shape index (κ2) is 14.5. The second-order valence-corrected chi connectivity index (χ2v) is 9.28. The third-order valence-electron chi connectivity index (χ3n) is 6.52. The summed E-state index contributed by atoms with van der Waals surface area (Å²) >= 11 is 0. The predicted octanol–water partition coefficient (Wildman–Crippen LogP) is 2.26. The fraction of sp³-hybridized carbons (Fsp3) is 0.407. The van der Waals surface area contributed by atoms with Gasteiger partial charge in [0.1, 0.15) is 5.75 Å². The van der Waals surface area contributed by atoms with Crippen molar-refractivity contribution >= 4 is 35.1 Å². The lowest BCUT2D eigenvalue weighted by molar-refractivity contribution is -0.192. The van der Waals surface area contributed by atoms with Gasteiger partial charge in [-0.25, -0.2) is 9.59 Å². The molecule has 2 aliphatic rings. The molecule has 2 aliphatic heterocycles. The molecule has 0 atom stereocenters. The van der Waals surface area contributed by atoms with Crippen LogP contribution in [0.4, 0.5) is 24.5 Å². The number of nitrogens with one attached hydrogen (secondary N) is 1. The van der Waals surface area contributed by atoms with Crippen molar-refractivity contribution in [3.8, 4) is 5.75 Å². The van der Waals surface area contributed by atoms with Gasteiger partial charge in [0.25, 0.3) is 5.91 Å². The lowest BCUT2D eigenvalue weighted by atomic mass is 10.1. The van der Waals surface area contributed by atoms with E-state index in [0.717, 1.165) is 5.69 Å². The summed E-state index contributed by atoms with van der Waals surface area (Å²) in [5.41, 5.74) is 1.71. The van der Waals surface area contributed by atoms with Crippen LogP contribution in [0, 0.1) is 0 Å². The lowest BCUT2D eigenvalue weighted by Crippen LogP contribution is -2.51. The second-order valence-electron chi connectivity index (χ2n) is 9.28. The monoisotopic (exact) mass is 596 g/mol. The molecular weight excluding hydrogens is 565 g/mol. The van der Waals surface area contributed by atoms with E-state index in [9.17, 15) is 32.7 Å². The number of rotatable bonds is 7. The first-order valence-electron chi connectivity index (χ1n) is 12.8. The van der Waals surface area contributed by atoms with Gasteiger partial charge in [-0.2, -0.15) is 13.2 Å². The molecule has 2 amide bonds. The Morgan fingerprint density at radius 3 is 2.00 bits per heavy atom. The molecule has 2 heterocycles. The van der Waals surface area contributed by atoms with Gasteiger partial charge in [-0.1, -0.05) is 0 Å². The normalized spacial score (nSPS) is 15.7. The molecule has 2 aromatic carbocycles. The number of nitrogens with zero attached hydrogens (tertiary/aromatic N) is 3. The molecule has 2 saturated heterocycles. The summed E-state index contributed by atoms with van der Waals surface area (Å²) in [7, 11) is 1.55. The van der Waals surface area contributed by atoms with Gasteiger partial charge in [-0.05, 0) is 42.5 Å². The summed E-state index contributed by atoms with van der Waals surface area (Å²) in [6.07, 6.45) is -5.08. The minimum atomic E-state index is -5.08. The standard InChI is InChI=1S/C25H30N4O6.C2HF3O2/c1-34-20-5-2-18(3-6-20)24(31)26-21-16-19(25(32)33)4-7-22(21)28-10-8-27(9-11-28)17-23(30)29-12-14-35-15-13-29;3-2(4,5)1(6)7/h2-7,16H,8-15,17H2,1H3,(H,26,31)(H,32,33);(H,6,7). The van der Waals surface area contributed by atoms with Gasteiger partial charge < -0.3 is 34.8 Å². The Labute approximate surface area is 239 Å². The van der Waals surface area contributed by atoms with Crippen LogP contribution in [0.5, 0.6) is 5.75 Å². The Kier molecular flexibility index (Phi) is 11.1. The van der Waals surface area contributed by atoms with E-state index in [1.807, 2.05) is 4.90 Å². The van der Waals surface area contributed by atoms with E-state index < -0.39 is 18.1 Å². The summed E-state index contributed by atoms with van der Waals surface area (Å²) in [6, 6.07) is 11.4. The lowest BCUT2D eigenvalue weighted by Gasteiger charge is -2.37. The third kappa shape index (κ3) is 9.07. The van der Waals surface area contributed by atoms with Crippen LogP contribution in [-0.2, 0) is 14.3 Å². The summed E-state index contributed by atoms with van der Waals surface area (Å²) in [6.45, 7) is 5.45. The molecule has 0 aliphatic carbocycles. The van der Waals surface area contributed by atoms with Gasteiger partial charge >= 0.3 is 18.1 Å². The molecule has 0 unspecified atom stereocenters. The van der Waals surface area contributed by atoms with Gasteiger partial charge in [0, 0.05) is 44.8 Å². The molecule has 0 aromatic heterocycles. The minimum Gasteiger partial charge on any atom is -0.497 e. The van der Waals surface area contributed by atoms with Crippen molar-refractivity contribution in [1.82, 2.24) is 9.80 Å². The van der Waals surface area contributed by atoms with Gasteiger partial charge in [0.05, 0.1) is 43.8 Å². The number of methoxy groups -OCH3 is 1. The number of carboxylic acid groups (broad SMARTS) is 2. The number of alkyl halides is 3. The van der Waals surface area contributed by atoms with Crippen LogP contribution in [-0.4, -0.2) is 116 Å². The minimum absolute atomic E-state index is 0.0912. The van der Waals surface area contributed by atoms with Crippen molar-refractivity contribution in [2.45, 2.75) is 6.18 Å². The van der Waals surface area contributed by atoms with Crippen LogP contribution < -0.4 is 15.0 Å². The highest BCUT2D eigenvalue weighted by atomic mass is 19.4. The number of morpholine rings is 1. The Morgan fingerprint density at radius 2 is 1.48 bits per heavy atom. The number of carbonyl (C=O) groups is 4. The SMILES string of the molecule is COc1ccc(C(=O)Nc2cc(C(=O)O)ccc2N2CCN(CC(=O)N3CCOCC3)CC2)cc1.O=C(O)C(F)(F)F. The van der Waals surface area contributed by atoms with Crippen LogP contribution in [0.25, 0.3) is 0 Å². The first-order valence-corrected chi connectivity index (χ1v) is 12.8. The van der Waals surface area contributed by atoms with Gasteiger partial charge in [0.2, 0.25) is 5.91 Å². The maximum Gasteiger partial charge on any atom is 0.490 e. The number of carboxylic acids is 2. The smallest absolute Gasteiger partial charge is 0.490 e. The molecule has 42 heavy (non-hydrogen) atoms. The van der Waals surface area contributed by atoms with Crippen molar-refractivity contribution in [2.75, 3.05) is 76.4 Å². The molecule has 0 radical (unpaired) electrons. The number of benzene rings is 2. The maximum atomic E-state index is 12.9. The van der Waals surface area contributed by atoms with E-state index in [1.165, 1.54) is 12.1 Å². The number of hydrogen-bond donors (Lipinski definition) is 3. The molecular formula is C27H31F3N4O8. The quantitative estimate of drug-likeness (QED) is 0.435. The van der Waals surface area contributed by atoms with E-state index in [1.54, 1.807) is 37.4 Å². The third-order valence-corrected chi connectivity index (χ3v) is 6.52. The topological polar surface area (TPSA) is 149 Å². The highest BCUT2D eigenvalue weighted by molar-refractivity contribution is 6.06. The van der Waals surface area contributed by atoms with Crippen molar-refractivity contribution in [3.63, 3.8) is 0 Å². The first-order chi connectivity index (χ1) is 19.9. The van der Waals surface area contributed by atoms with E-state index >= 15 is 0 Å². The van der Waals surface area contributed by atoms with Gasteiger partial charge in [-0.3, -0.25) is 14.5 Å². The number of aromatic carboxylic acids is 1. The summed E-state index contributed by atoms with van der Waals surface area (Å²) in [5, 5.41) is 19.5. The van der Waals surface area contributed by atoms with Gasteiger partial charge in [-0.15, -0.1) is 0 Å². The number of halogens is 3. The van der Waals surface area contributed by atoms with E-state index in [-0.39, 0.29) is 17.4 Å². The Bertz CT molecular complexity index is 1260. The molecule has 228 valence electrons. The summed E-state index contributed by atoms with van der Waals surface area (Å²) in [5.74, 6) is -3.42. The van der Waals surface area contributed by atoms with Crippen LogP contribution >= 0.6 is 0 Å². The van der Waals surface area contributed by atoms with Crippen molar-refractivity contribution in [1.29, 1.82) is 0 Å². The zero-order chi connectivity index (χ0) is 30.9. The maximum absolute atomic E-state index is 12.9. The Hall–Kier alpha value is -4.37. The predicted molar refractivity (Wildman–Crippen MR) is 144 cm³/mol. The molecule has 0 saturated carbocycles. The Balaban J connectivity index is 0.000000616. The number of aliphatic carboxylic acids is 1. The summed E-state index contributed by atoms with van der Waals surface area (Å²) < 4.78 is 42.2. The molecule has 15 heteroatoms. The molecule has 4 rings (SSSR count). The number of piperazine rings is 1. The number of hydrogen-bond acceptors (Lipinski definition) is 8. The average Bonchev–Trinajstić information content (AvgIpc) is 2.98. The Morgan fingerprint density at radius 1 is 0.905 bits per heavy atom. The molecule has 3 N–H and O–H groups in total. The van der Waals surface area contributed by atoms with Crippen molar-refractivity contribution in [3.05, 3.63) is 53.6 Å². The van der Waals surface area contributed by atoms with Crippen LogP contribution in [0.1, 0.15) is 20.7 Å². The summed E-state index contributed by atoms with van der Waals surface area (Å²) in [4.78, 5) is 52.0. The molecule has 2 aromatic rings. The zero-order valence-corrected chi connectivity index (χ0v) is 22.7. The largest absolute Gasteiger partial charge is 0.497 e. The molecule has 0 spiro atoms. The highest BCUT2D eigenvalue weighted by Crippen LogP contribution is 2.29. The van der Waals surface area contributed by atoms with Crippen LogP contribution in [0.2, 0.25) is 0 Å². The zero-order valence-electron chi connectivity index (χ0n) is 22.7. The van der Waals surface area contributed by atoms with E-state index in [4.69, 9.17) is 19.4 Å².